The molecule has 17 heteroatoms. The second kappa shape index (κ2) is 13.2. The van der Waals surface area contributed by atoms with Gasteiger partial charge in [-0.3, -0.25) is 14.4 Å². The van der Waals surface area contributed by atoms with Crippen molar-refractivity contribution in [1.29, 1.82) is 5.26 Å². The summed E-state index contributed by atoms with van der Waals surface area (Å²) >= 11 is 7.05. The quantitative estimate of drug-likeness (QED) is 0.199. The van der Waals surface area contributed by atoms with Crippen LogP contribution in [0.5, 0.6) is 0 Å². The van der Waals surface area contributed by atoms with Crippen LogP contribution in [0.25, 0.3) is 17.0 Å². The van der Waals surface area contributed by atoms with Crippen molar-refractivity contribution in [2.45, 2.75) is 43.3 Å². The lowest BCUT2D eigenvalue weighted by molar-refractivity contribution is -0.162. The van der Waals surface area contributed by atoms with Crippen molar-refractivity contribution in [3.63, 3.8) is 0 Å². The van der Waals surface area contributed by atoms with Crippen molar-refractivity contribution in [3.05, 3.63) is 64.5 Å². The van der Waals surface area contributed by atoms with E-state index in [9.17, 15) is 27.6 Å². The molecule has 0 amide bonds. The lowest BCUT2D eigenvalue weighted by atomic mass is 10.1. The second-order valence-electron chi connectivity index (χ2n) is 8.72. The Kier molecular flexibility index (Phi) is 9.69. The molecule has 224 valence electrons. The summed E-state index contributed by atoms with van der Waals surface area (Å²) in [6.45, 7) is 2.89. The van der Waals surface area contributed by atoms with Gasteiger partial charge in [-0.25, -0.2) is 22.8 Å². The highest BCUT2D eigenvalue weighted by molar-refractivity contribution is 8.00. The first-order valence-electron chi connectivity index (χ1n) is 12.1. The molecule has 4 rings (SSSR count). The number of hydrogen-bond donors (Lipinski definition) is 0. The van der Waals surface area contributed by atoms with Crippen molar-refractivity contribution < 1.29 is 46.5 Å². The van der Waals surface area contributed by atoms with Gasteiger partial charge < -0.3 is 18.9 Å². The summed E-state index contributed by atoms with van der Waals surface area (Å²) in [4.78, 5) is 40.4. The van der Waals surface area contributed by atoms with Gasteiger partial charge >= 0.3 is 17.9 Å². The molecule has 1 aromatic carbocycles. The number of benzene rings is 1. The van der Waals surface area contributed by atoms with Gasteiger partial charge in [0.15, 0.2) is 40.4 Å². The smallest absolute Gasteiger partial charge is 0.307 e. The minimum absolute atomic E-state index is 0.0236. The van der Waals surface area contributed by atoms with E-state index >= 15 is 0 Å². The van der Waals surface area contributed by atoms with Gasteiger partial charge in [0, 0.05) is 37.4 Å². The Morgan fingerprint density at radius 1 is 1.12 bits per heavy atom. The molecule has 0 aliphatic carbocycles. The predicted octanol–water partition coefficient (Wildman–Crippen LogP) is 4.03. The lowest BCUT2D eigenvalue weighted by Gasteiger charge is -2.37. The van der Waals surface area contributed by atoms with Crippen LogP contribution in [0, 0.1) is 28.8 Å². The zero-order valence-corrected chi connectivity index (χ0v) is 23.9. The Morgan fingerprint density at radius 2 is 1.81 bits per heavy atom. The number of hydrogen-bond acceptors (Lipinski definition) is 12. The number of rotatable bonds is 8. The molecule has 1 unspecified atom stereocenters. The Labute approximate surface area is 250 Å². The third-order valence-corrected chi connectivity index (χ3v) is 6.88. The summed E-state index contributed by atoms with van der Waals surface area (Å²) in [6, 6.07) is 4.64. The van der Waals surface area contributed by atoms with Crippen molar-refractivity contribution >= 4 is 47.0 Å². The average molecular weight is 638 g/mol. The molecule has 43 heavy (non-hydrogen) atoms. The third kappa shape index (κ3) is 7.31. The molecule has 0 N–H and O–H groups in total. The molecule has 3 heterocycles. The Balaban J connectivity index is 1.89. The average Bonchev–Trinajstić information content (AvgIpc) is 3.41. The molecule has 0 saturated carbocycles. The summed E-state index contributed by atoms with van der Waals surface area (Å²) in [7, 11) is 0. The van der Waals surface area contributed by atoms with Gasteiger partial charge in [0.05, 0.1) is 11.2 Å². The molecule has 12 nitrogen and oxygen atoms in total. The van der Waals surface area contributed by atoms with E-state index in [4.69, 9.17) is 35.8 Å². The monoisotopic (exact) mass is 637 g/mol. The number of nitriles is 1. The largest absolute Gasteiger partial charge is 0.463 e. The number of ether oxygens (including phenoxy) is 4. The SMILES string of the molecule is CC(=O)OCC1O[C@H](Sc2cnc(C#N)c(Cl)c2)C(OC(C)=O)=C(n2cc(-c3cc(F)c(F)c(F)c3)nn2)[C@H]1OC(C)=O. The number of carbonyl (C=O) groups is 3. The normalized spacial score (nSPS) is 18.1. The zero-order valence-electron chi connectivity index (χ0n) is 22.3. The molecular formula is C26H19ClF3N5O7S. The number of thioether (sulfide) groups is 1. The molecule has 0 radical (unpaired) electrons. The van der Waals surface area contributed by atoms with Crippen LogP contribution in [0.4, 0.5) is 13.2 Å². The predicted molar refractivity (Wildman–Crippen MR) is 141 cm³/mol. The molecule has 3 atom stereocenters. The van der Waals surface area contributed by atoms with E-state index in [0.717, 1.165) is 43.4 Å². The highest BCUT2D eigenvalue weighted by atomic mass is 35.5. The maximum atomic E-state index is 13.9. The van der Waals surface area contributed by atoms with Crippen LogP contribution in [0.1, 0.15) is 26.5 Å². The molecule has 0 fully saturated rings. The van der Waals surface area contributed by atoms with E-state index < -0.39 is 59.6 Å². The maximum absolute atomic E-state index is 13.9. The van der Waals surface area contributed by atoms with Gasteiger partial charge in [0.2, 0.25) is 0 Å². The van der Waals surface area contributed by atoms with Crippen molar-refractivity contribution in [3.8, 4) is 17.3 Å². The minimum Gasteiger partial charge on any atom is -0.463 e. The van der Waals surface area contributed by atoms with E-state index in [1.807, 2.05) is 6.07 Å². The third-order valence-electron chi connectivity index (χ3n) is 5.55. The number of esters is 3. The van der Waals surface area contributed by atoms with Crippen LogP contribution >= 0.6 is 23.4 Å². The highest BCUT2D eigenvalue weighted by Crippen LogP contribution is 2.41. The van der Waals surface area contributed by atoms with Gasteiger partial charge in [0.1, 0.15) is 30.2 Å². The highest BCUT2D eigenvalue weighted by Gasteiger charge is 2.44. The molecular weight excluding hydrogens is 619 g/mol. The summed E-state index contributed by atoms with van der Waals surface area (Å²) in [5.74, 6) is -7.17. The number of pyridine rings is 1. The van der Waals surface area contributed by atoms with Gasteiger partial charge in [-0.2, -0.15) is 5.26 Å². The first-order valence-corrected chi connectivity index (χ1v) is 13.3. The van der Waals surface area contributed by atoms with Crippen LogP contribution in [-0.2, 0) is 33.3 Å². The fourth-order valence-corrected chi connectivity index (χ4v) is 5.15. The van der Waals surface area contributed by atoms with Crippen LogP contribution in [0.15, 0.2) is 41.2 Å². The maximum Gasteiger partial charge on any atom is 0.307 e. The summed E-state index contributed by atoms with van der Waals surface area (Å²) in [6.07, 6.45) is -0.164. The minimum atomic E-state index is -1.68. The first-order chi connectivity index (χ1) is 20.4. The van der Waals surface area contributed by atoms with Gasteiger partial charge in [-0.15, -0.1) is 5.10 Å². The molecule has 1 aliphatic rings. The number of nitrogens with zero attached hydrogens (tertiary/aromatic N) is 5. The molecule has 2 aromatic heterocycles. The molecule has 0 bridgehead atoms. The molecule has 3 aromatic rings. The van der Waals surface area contributed by atoms with E-state index in [2.05, 4.69) is 15.3 Å². The molecule has 0 saturated heterocycles. The number of aromatic nitrogens is 4. The van der Waals surface area contributed by atoms with E-state index in [1.54, 1.807) is 0 Å². The summed E-state index contributed by atoms with van der Waals surface area (Å²) in [5, 5.41) is 17.0. The van der Waals surface area contributed by atoms with Crippen molar-refractivity contribution in [2.24, 2.45) is 0 Å². The van der Waals surface area contributed by atoms with Gasteiger partial charge in [-0.1, -0.05) is 28.6 Å². The molecule has 0 spiro atoms. The van der Waals surface area contributed by atoms with Crippen molar-refractivity contribution in [1.82, 2.24) is 20.0 Å². The van der Waals surface area contributed by atoms with E-state index in [1.165, 1.54) is 12.3 Å². The standard InChI is InChI=1S/C26H19ClF3N5O7S/c1-11(36)39-10-21-24(40-12(2)37)23(35-9-20(33-34-35)14-4-17(28)22(30)18(29)5-14)25(41-13(3)38)26(42-21)43-15-6-16(27)19(7-31)32-8-15/h4-6,8-9,21,24,26H,10H2,1-3H3/t21?,24-,26+/m0/s1. The van der Waals surface area contributed by atoms with E-state index in [-0.39, 0.29) is 33.4 Å². The van der Waals surface area contributed by atoms with Crippen molar-refractivity contribution in [2.75, 3.05) is 6.61 Å². The lowest BCUT2D eigenvalue weighted by Crippen LogP contribution is -2.46. The number of carbonyl (C=O) groups excluding carboxylic acids is 3. The van der Waals surface area contributed by atoms with E-state index in [0.29, 0.717) is 17.0 Å². The number of halogens is 4. The Morgan fingerprint density at radius 3 is 2.40 bits per heavy atom. The second-order valence-corrected chi connectivity index (χ2v) is 10.3. The van der Waals surface area contributed by atoms with Crippen LogP contribution in [0.3, 0.4) is 0 Å². The van der Waals surface area contributed by atoms with Gasteiger partial charge in [0.25, 0.3) is 0 Å². The summed E-state index contributed by atoms with van der Waals surface area (Å²) < 4.78 is 64.7. The Bertz CT molecular complexity index is 1660. The van der Waals surface area contributed by atoms with Crippen LogP contribution in [0.2, 0.25) is 5.02 Å². The van der Waals surface area contributed by atoms with Crippen LogP contribution < -0.4 is 0 Å². The fourth-order valence-electron chi connectivity index (χ4n) is 3.85. The van der Waals surface area contributed by atoms with Crippen LogP contribution in [-0.4, -0.2) is 62.1 Å². The zero-order chi connectivity index (χ0) is 31.4. The Hall–Kier alpha value is -4.46. The first kappa shape index (κ1) is 31.5. The van der Waals surface area contributed by atoms with Gasteiger partial charge in [-0.05, 0) is 18.2 Å². The fraction of sp³-hybridized carbons (Fsp3) is 0.269. The topological polar surface area (TPSA) is 156 Å². The summed E-state index contributed by atoms with van der Waals surface area (Å²) in [5.41, 5.74) is -1.72. The molecule has 1 aliphatic heterocycles.